The summed E-state index contributed by atoms with van der Waals surface area (Å²) in [5.74, 6) is 1.01. The Morgan fingerprint density at radius 3 is 2.42 bits per heavy atom. The van der Waals surface area contributed by atoms with Crippen LogP contribution < -0.4 is 9.58 Å². The van der Waals surface area contributed by atoms with E-state index in [0.29, 0.717) is 29.9 Å². The van der Waals surface area contributed by atoms with Crippen molar-refractivity contribution >= 4 is 46.3 Å². The van der Waals surface area contributed by atoms with Crippen LogP contribution in [0.2, 0.25) is 0 Å². The van der Waals surface area contributed by atoms with Gasteiger partial charge < -0.3 is 29.6 Å². The molecule has 22 heteroatoms. The molecule has 4 rings (SSSR count). The van der Waals surface area contributed by atoms with Gasteiger partial charge in [0.05, 0.1) is 6.61 Å². The summed E-state index contributed by atoms with van der Waals surface area (Å²) in [6.07, 6.45) is -3.10. The first-order valence-electron chi connectivity index (χ1n) is 9.84. The fraction of sp³-hybridized carbons (Fsp3) is 0.571. The monoisotopic (exact) mass is 575 g/mol. The second kappa shape index (κ2) is 9.56. The predicted octanol–water partition coefficient (Wildman–Crippen LogP) is -1.03. The number of hydrogen-bond acceptors (Lipinski definition) is 14. The standard InChI is InChI=1S/C14H21N6O13P3/c1-7-17-18(2)12-9-13(16-5-15-12)20(6-19(7)9)14-11(22)10(21)8(31-14)4-30-35(25,26)33-36(27,28)32-34(23,24)29-3/h5-6,8,10-11,14,21-22H,4H2,1-3H3,(H2-,23,24,25,26,27,28)/p+1. The minimum atomic E-state index is -5.60. The fourth-order valence-electron chi connectivity index (χ4n) is 3.58. The second-order valence-electron chi connectivity index (χ2n) is 7.53. The first-order valence-corrected chi connectivity index (χ1v) is 14.3. The molecule has 2 aromatic heterocycles. The lowest BCUT2D eigenvalue weighted by molar-refractivity contribution is -0.745. The van der Waals surface area contributed by atoms with E-state index in [9.17, 15) is 33.7 Å². The largest absolute Gasteiger partial charge is 0.490 e. The van der Waals surface area contributed by atoms with Gasteiger partial charge in [-0.05, 0) is 0 Å². The number of phosphoric acid groups is 3. The number of rotatable bonds is 9. The van der Waals surface area contributed by atoms with E-state index in [1.807, 2.05) is 0 Å². The van der Waals surface area contributed by atoms with Crippen LogP contribution in [-0.4, -0.2) is 84.3 Å². The molecule has 4 heterocycles. The van der Waals surface area contributed by atoms with Crippen molar-refractivity contribution in [2.75, 3.05) is 25.8 Å². The van der Waals surface area contributed by atoms with Gasteiger partial charge in [0.2, 0.25) is 11.7 Å². The Morgan fingerprint density at radius 2 is 1.75 bits per heavy atom. The molecule has 19 nitrogen and oxygen atoms in total. The summed E-state index contributed by atoms with van der Waals surface area (Å²) in [5, 5.41) is 26.9. The molecule has 1 saturated heterocycles. The molecule has 5 N–H and O–H groups in total. The highest BCUT2D eigenvalue weighted by Crippen LogP contribution is 2.67. The van der Waals surface area contributed by atoms with Crippen molar-refractivity contribution in [3.63, 3.8) is 0 Å². The van der Waals surface area contributed by atoms with Crippen LogP contribution >= 0.6 is 23.5 Å². The summed E-state index contributed by atoms with van der Waals surface area (Å²) >= 11 is 0. The van der Waals surface area contributed by atoms with E-state index in [1.54, 1.807) is 18.5 Å². The third-order valence-electron chi connectivity index (χ3n) is 5.12. The number of hydrogen-bond donors (Lipinski definition) is 5. The SMILES string of the molecule is COP(=O)(O)OP(=O)(O)OP(=O)(O)OCC1OC([n+]2cn3c4c(ncnc42)N(C)N=C3C)C(O)C1O. The number of ether oxygens (including phenoxy) is 1. The summed E-state index contributed by atoms with van der Waals surface area (Å²) < 4.78 is 60.0. The number of aromatic nitrogens is 4. The van der Waals surface area contributed by atoms with Crippen molar-refractivity contribution in [3.05, 3.63) is 12.7 Å². The van der Waals surface area contributed by atoms with Gasteiger partial charge in [-0.15, -0.1) is 5.10 Å². The summed E-state index contributed by atoms with van der Waals surface area (Å²) in [4.78, 5) is 36.6. The van der Waals surface area contributed by atoms with Crippen LogP contribution in [0.15, 0.2) is 17.8 Å². The molecule has 2 aliphatic heterocycles. The van der Waals surface area contributed by atoms with Gasteiger partial charge in [-0.2, -0.15) is 13.6 Å². The van der Waals surface area contributed by atoms with Crippen LogP contribution in [0.1, 0.15) is 13.2 Å². The molecule has 1 fully saturated rings. The van der Waals surface area contributed by atoms with Crippen molar-refractivity contribution in [1.29, 1.82) is 0 Å². The second-order valence-corrected chi connectivity index (χ2v) is 12.3. The fourth-order valence-corrected chi connectivity index (χ4v) is 6.84. The first kappa shape index (κ1) is 27.3. The Kier molecular flexibility index (Phi) is 7.26. The average Bonchev–Trinajstić information content (AvgIpc) is 3.28. The van der Waals surface area contributed by atoms with Gasteiger partial charge in [-0.1, -0.05) is 4.98 Å². The molecule has 0 amide bonds. The Hall–Kier alpha value is -1.69. The van der Waals surface area contributed by atoms with Crippen LogP contribution in [0, 0.1) is 0 Å². The molecule has 0 saturated carbocycles. The van der Waals surface area contributed by atoms with Crippen molar-refractivity contribution in [2.45, 2.75) is 31.5 Å². The van der Waals surface area contributed by atoms with Gasteiger partial charge in [0, 0.05) is 21.1 Å². The number of phosphoric ester groups is 2. The van der Waals surface area contributed by atoms with E-state index in [0.717, 1.165) is 0 Å². The maximum atomic E-state index is 12.1. The molecule has 0 spiro atoms. The van der Waals surface area contributed by atoms with Gasteiger partial charge in [-0.25, -0.2) is 27.8 Å². The lowest BCUT2D eigenvalue weighted by atomic mass is 10.1. The first-order chi connectivity index (χ1) is 16.6. The number of imidazole rings is 1. The molecular formula is C14H22N6O13P3+. The maximum Gasteiger partial charge on any atom is 0.490 e. The third-order valence-corrected chi connectivity index (χ3v) is 9.35. The number of aliphatic hydroxyl groups excluding tert-OH is 2. The zero-order chi connectivity index (χ0) is 26.6. The molecule has 200 valence electrons. The highest BCUT2D eigenvalue weighted by atomic mass is 31.3. The van der Waals surface area contributed by atoms with E-state index in [2.05, 4.69) is 32.7 Å². The minimum absolute atomic E-state index is 0.319. The predicted molar refractivity (Wildman–Crippen MR) is 115 cm³/mol. The Balaban J connectivity index is 1.50. The minimum Gasteiger partial charge on any atom is -0.387 e. The zero-order valence-corrected chi connectivity index (χ0v) is 21.4. The Labute approximate surface area is 201 Å². The van der Waals surface area contributed by atoms with Crippen LogP contribution in [-0.2, 0) is 36.1 Å². The van der Waals surface area contributed by atoms with Crippen LogP contribution in [0.3, 0.4) is 0 Å². The molecular weight excluding hydrogens is 553 g/mol. The zero-order valence-electron chi connectivity index (χ0n) is 18.7. The topological polar surface area (TPSA) is 249 Å². The maximum absolute atomic E-state index is 12.1. The van der Waals surface area contributed by atoms with Crippen LogP contribution in [0.25, 0.3) is 11.2 Å². The van der Waals surface area contributed by atoms with Crippen molar-refractivity contribution in [2.24, 2.45) is 5.10 Å². The van der Waals surface area contributed by atoms with E-state index in [4.69, 9.17) is 9.63 Å². The lowest BCUT2D eigenvalue weighted by Gasteiger charge is -2.19. The highest BCUT2D eigenvalue weighted by Gasteiger charge is 2.49. The molecule has 0 aliphatic carbocycles. The molecule has 0 radical (unpaired) electrons. The van der Waals surface area contributed by atoms with E-state index in [1.165, 1.54) is 22.2 Å². The van der Waals surface area contributed by atoms with Gasteiger partial charge in [0.1, 0.15) is 18.3 Å². The summed E-state index contributed by atoms with van der Waals surface area (Å²) in [5.41, 5.74) is 0.863. The summed E-state index contributed by atoms with van der Waals surface area (Å²) in [6.45, 7) is 0.810. The smallest absolute Gasteiger partial charge is 0.387 e. The molecule has 0 bridgehead atoms. The van der Waals surface area contributed by atoms with Gasteiger partial charge in [-0.3, -0.25) is 9.05 Å². The van der Waals surface area contributed by atoms with Crippen molar-refractivity contribution in [1.82, 2.24) is 14.5 Å². The molecule has 2 aromatic rings. The molecule has 7 unspecified atom stereocenters. The molecule has 7 atom stereocenters. The normalized spacial score (nSPS) is 29.0. The quantitative estimate of drug-likeness (QED) is 0.177. The summed E-state index contributed by atoms with van der Waals surface area (Å²) in [6, 6.07) is 0. The molecule has 2 aliphatic rings. The molecule has 0 aromatic carbocycles. The van der Waals surface area contributed by atoms with Crippen molar-refractivity contribution in [3.8, 4) is 0 Å². The number of nitrogens with zero attached hydrogens (tertiary/aromatic N) is 6. The number of aliphatic hydroxyl groups is 2. The Bertz CT molecular complexity index is 1350. The van der Waals surface area contributed by atoms with E-state index < -0.39 is 54.6 Å². The lowest BCUT2D eigenvalue weighted by Crippen LogP contribution is -2.46. The van der Waals surface area contributed by atoms with E-state index >= 15 is 0 Å². The highest BCUT2D eigenvalue weighted by molar-refractivity contribution is 7.66. The van der Waals surface area contributed by atoms with Crippen molar-refractivity contribution < 1.29 is 65.6 Å². The van der Waals surface area contributed by atoms with Gasteiger partial charge >= 0.3 is 29.1 Å². The Morgan fingerprint density at radius 1 is 1.08 bits per heavy atom. The number of anilines is 1. The van der Waals surface area contributed by atoms with Crippen LogP contribution in [0.4, 0.5) is 5.82 Å². The number of hydrazone groups is 1. The third kappa shape index (κ3) is 5.30. The summed E-state index contributed by atoms with van der Waals surface area (Å²) in [7, 11) is -13.7. The van der Waals surface area contributed by atoms with E-state index in [-0.39, 0.29) is 0 Å². The van der Waals surface area contributed by atoms with Gasteiger partial charge in [0.15, 0.2) is 24.3 Å². The average molecular weight is 575 g/mol. The molecule has 36 heavy (non-hydrogen) atoms. The van der Waals surface area contributed by atoms with Crippen LogP contribution in [0.5, 0.6) is 0 Å². The van der Waals surface area contributed by atoms with Gasteiger partial charge in [0.25, 0.3) is 0 Å².